The normalized spacial score (nSPS) is 23.6. The molecule has 400 valence electrons. The van der Waals surface area contributed by atoms with Crippen LogP contribution in [-0.4, -0.2) is 135 Å². The number of rotatable bonds is 26. The molecule has 2 heterocycles. The summed E-state index contributed by atoms with van der Waals surface area (Å²) in [6.07, 6.45) is 24.8. The van der Waals surface area contributed by atoms with E-state index in [-0.39, 0.29) is 84.2 Å². The lowest BCUT2D eigenvalue weighted by Gasteiger charge is -2.63. The zero-order valence-electron chi connectivity index (χ0n) is 43.3. The van der Waals surface area contributed by atoms with E-state index in [0.29, 0.717) is 76.5 Å². The molecule has 9 rings (SSSR count). The Labute approximate surface area is 437 Å². The van der Waals surface area contributed by atoms with Crippen molar-refractivity contribution in [1.29, 1.82) is 0 Å². The van der Waals surface area contributed by atoms with Crippen molar-refractivity contribution in [2.75, 3.05) is 85.2 Å². The zero-order valence-corrected chi connectivity index (χ0v) is 43.3. The number of benzene rings is 2. The van der Waals surface area contributed by atoms with E-state index in [1.165, 1.54) is 46.2 Å². The van der Waals surface area contributed by atoms with Gasteiger partial charge in [0.25, 0.3) is 5.91 Å². The van der Waals surface area contributed by atoms with E-state index in [1.807, 2.05) is 7.05 Å². The Morgan fingerprint density at radius 3 is 2.15 bits per heavy atom. The fourth-order valence-electron chi connectivity index (χ4n) is 12.1. The van der Waals surface area contributed by atoms with Gasteiger partial charge in [-0.05, 0) is 109 Å². The summed E-state index contributed by atoms with van der Waals surface area (Å²) in [5.74, 6) is -0.329. The Morgan fingerprint density at radius 2 is 1.47 bits per heavy atom. The number of hydrogen-bond acceptors (Lipinski definition) is 12. The second-order valence-electron chi connectivity index (χ2n) is 20.4. The van der Waals surface area contributed by atoms with Crippen LogP contribution in [0.4, 0.5) is 5.69 Å². The number of carbonyl (C=O) groups is 4. The molecule has 6 aliphatic rings. The lowest BCUT2D eigenvalue weighted by molar-refractivity contribution is -0.134. The lowest BCUT2D eigenvalue weighted by atomic mass is 9.39. The van der Waals surface area contributed by atoms with Crippen LogP contribution in [0.5, 0.6) is 0 Å². The number of nitrogens with two attached hydrogens (primary N) is 1. The molecule has 2 bridgehead atoms. The number of allylic oxidation sites excluding steroid dienone is 8. The first-order chi connectivity index (χ1) is 36.4. The molecule has 2 fully saturated rings. The zero-order chi connectivity index (χ0) is 53.1. The van der Waals surface area contributed by atoms with Crippen LogP contribution in [0.1, 0.15) is 85.2 Å². The van der Waals surface area contributed by atoms with Crippen LogP contribution in [0.25, 0.3) is 21.3 Å². The van der Waals surface area contributed by atoms with Crippen molar-refractivity contribution < 1.29 is 37.8 Å². The number of unbranched alkanes of at least 4 members (excludes halogenated alkanes) is 4. The SMILES string of the molecule is CN(CCOCCOCCOCCN(C)C(=O)[C@@H]1C[C@H](N=[N+]=[N-])CN1C(=O)c1ccc2c(=O)oc(=O)n(C)c2c1)C(=O)CCC12c3cc(NC(=O)CCCCCCCN)ccc3C(C3C=CC=CC31)C1C=CC=CC12. The van der Waals surface area contributed by atoms with Crippen LogP contribution in [0.2, 0.25) is 0 Å². The summed E-state index contributed by atoms with van der Waals surface area (Å²) in [5, 5.41) is 7.12. The fraction of sp³-hybridized carbons (Fsp3) is 0.536. The third kappa shape index (κ3) is 12.1. The largest absolute Gasteiger partial charge is 0.422 e. The number of azide groups is 1. The Bertz CT molecular complexity index is 2830. The van der Waals surface area contributed by atoms with Gasteiger partial charge in [0.2, 0.25) is 17.7 Å². The number of carbonyl (C=O) groups excluding carboxylic acids is 4. The Hall–Kier alpha value is -6.63. The van der Waals surface area contributed by atoms with Gasteiger partial charge in [0.1, 0.15) is 6.04 Å². The number of likely N-dealkylation sites (N-methyl/N-ethyl adjacent to an activating group) is 2. The molecule has 0 radical (unpaired) electrons. The highest BCUT2D eigenvalue weighted by atomic mass is 16.5. The molecule has 5 aliphatic carbocycles. The van der Waals surface area contributed by atoms with Crippen molar-refractivity contribution in [2.24, 2.45) is 41.6 Å². The second-order valence-corrected chi connectivity index (χ2v) is 20.4. The van der Waals surface area contributed by atoms with E-state index < -0.39 is 29.4 Å². The van der Waals surface area contributed by atoms with Crippen LogP contribution in [-0.2, 0) is 41.1 Å². The summed E-state index contributed by atoms with van der Waals surface area (Å²) >= 11 is 0. The highest BCUT2D eigenvalue weighted by Gasteiger charge is 2.62. The Kier molecular flexibility index (Phi) is 18.4. The maximum absolute atomic E-state index is 13.9. The average Bonchev–Trinajstić information content (AvgIpc) is 3.88. The Balaban J connectivity index is 0.762. The van der Waals surface area contributed by atoms with Crippen LogP contribution in [0.3, 0.4) is 0 Å². The summed E-state index contributed by atoms with van der Waals surface area (Å²) in [6.45, 7) is 3.16. The molecule has 75 heavy (non-hydrogen) atoms. The molecule has 2 aromatic carbocycles. The van der Waals surface area contributed by atoms with Crippen LogP contribution in [0.15, 0.2) is 104 Å². The quantitative estimate of drug-likeness (QED) is 0.0401. The first-order valence-electron chi connectivity index (χ1n) is 26.4. The highest BCUT2D eigenvalue weighted by molar-refractivity contribution is 6.00. The number of nitrogens with one attached hydrogen (secondary N) is 1. The van der Waals surface area contributed by atoms with Gasteiger partial charge in [0, 0.05) is 75.2 Å². The molecule has 19 heteroatoms. The van der Waals surface area contributed by atoms with Crippen LogP contribution in [0, 0.1) is 23.7 Å². The number of ether oxygens (including phenoxy) is 3. The van der Waals surface area contributed by atoms with Crippen molar-refractivity contribution in [2.45, 2.75) is 81.2 Å². The van der Waals surface area contributed by atoms with Gasteiger partial charge in [-0.3, -0.25) is 23.7 Å². The third-order valence-corrected chi connectivity index (χ3v) is 15.9. The molecule has 1 saturated heterocycles. The maximum atomic E-state index is 13.9. The second kappa shape index (κ2) is 25.3. The number of fused-ring (bicyclic) bond motifs is 1. The van der Waals surface area contributed by atoms with Crippen molar-refractivity contribution in [3.8, 4) is 0 Å². The molecule has 3 N–H and O–H groups in total. The molecule has 0 spiro atoms. The van der Waals surface area contributed by atoms with Gasteiger partial charge in [-0.25, -0.2) is 9.59 Å². The van der Waals surface area contributed by atoms with Crippen LogP contribution >= 0.6 is 0 Å². The predicted molar refractivity (Wildman–Crippen MR) is 284 cm³/mol. The van der Waals surface area contributed by atoms with Gasteiger partial charge in [0.05, 0.1) is 56.6 Å². The monoisotopic (exact) mass is 1030 g/mol. The van der Waals surface area contributed by atoms with Crippen LogP contribution < -0.4 is 22.4 Å². The van der Waals surface area contributed by atoms with Crippen molar-refractivity contribution >= 4 is 40.2 Å². The van der Waals surface area contributed by atoms with E-state index >= 15 is 0 Å². The van der Waals surface area contributed by atoms with E-state index in [2.05, 4.69) is 82.2 Å². The Morgan fingerprint density at radius 1 is 0.827 bits per heavy atom. The first-order valence-corrected chi connectivity index (χ1v) is 26.4. The lowest BCUT2D eigenvalue weighted by Crippen LogP contribution is -2.59. The molecule has 1 aliphatic heterocycles. The summed E-state index contributed by atoms with van der Waals surface area (Å²) in [4.78, 5) is 86.4. The summed E-state index contributed by atoms with van der Waals surface area (Å²) in [5.41, 5.74) is 17.3. The highest BCUT2D eigenvalue weighted by Crippen LogP contribution is 2.68. The molecule has 1 aromatic heterocycles. The molecule has 4 amide bonds. The molecule has 19 nitrogen and oxygen atoms in total. The first kappa shape index (κ1) is 54.6. The van der Waals surface area contributed by atoms with E-state index in [0.717, 1.165) is 42.4 Å². The van der Waals surface area contributed by atoms with Crippen molar-refractivity contribution in [1.82, 2.24) is 19.3 Å². The number of anilines is 1. The van der Waals surface area contributed by atoms with E-state index in [9.17, 15) is 28.8 Å². The number of likely N-dealkylation sites (tertiary alicyclic amines) is 1. The summed E-state index contributed by atoms with van der Waals surface area (Å²) < 4.78 is 23.1. The smallest absolute Gasteiger partial charge is 0.377 e. The van der Waals surface area contributed by atoms with Gasteiger partial charge in [-0.2, -0.15) is 0 Å². The van der Waals surface area contributed by atoms with Gasteiger partial charge in [-0.1, -0.05) is 79.1 Å². The van der Waals surface area contributed by atoms with Crippen molar-refractivity contribution in [3.05, 3.63) is 133 Å². The minimum Gasteiger partial charge on any atom is -0.377 e. The standard InChI is InChI=1S/C56H71N9O10/c1-62(50(67)22-23-56-44-15-10-8-13-40(44)51(41-14-9-11-16-45(41)56)42-21-19-38(34-46(42)56)59-49(66)17-7-5-4-6-12-24-57)25-27-72-29-31-74-32-30-73-28-26-63(2)53(69)48-35-39(60-61-58)36-65(48)52(68)37-18-20-43-47(33-37)64(3)55(71)75-54(43)70/h8-11,13-16,18-21,33-34,39-41,44-45,48,51H,4-7,12,17,22-32,35-36,57H2,1-3H3,(H,59,66)/t39-,40?,41?,44?,45?,48-,51?,56?/m0/s1. The number of hydrogen-bond donors (Lipinski definition) is 2. The molecule has 6 atom stereocenters. The molecular weight excluding hydrogens is 959 g/mol. The van der Waals surface area contributed by atoms with Gasteiger partial charge >= 0.3 is 11.4 Å². The minimum absolute atomic E-state index is 0.0152. The molecule has 4 unspecified atom stereocenters. The maximum Gasteiger partial charge on any atom is 0.422 e. The molecule has 3 aromatic rings. The van der Waals surface area contributed by atoms with Crippen molar-refractivity contribution in [3.63, 3.8) is 0 Å². The third-order valence-electron chi connectivity index (χ3n) is 15.9. The topological polar surface area (TPSA) is 245 Å². The summed E-state index contributed by atoms with van der Waals surface area (Å²) in [6, 6.07) is 9.19. The predicted octanol–water partition coefficient (Wildman–Crippen LogP) is 6.14. The summed E-state index contributed by atoms with van der Waals surface area (Å²) in [7, 11) is 4.85. The number of aromatic nitrogens is 1. The fourth-order valence-corrected chi connectivity index (χ4v) is 12.1. The van der Waals surface area contributed by atoms with Gasteiger partial charge in [0.15, 0.2) is 0 Å². The minimum atomic E-state index is -0.914. The average molecular weight is 1030 g/mol. The number of aryl methyl sites for hydroxylation is 1. The van der Waals surface area contributed by atoms with Gasteiger partial charge < -0.3 is 44.4 Å². The molecular formula is C56H71N9O10. The van der Waals surface area contributed by atoms with E-state index in [4.69, 9.17) is 29.9 Å². The van der Waals surface area contributed by atoms with E-state index in [1.54, 1.807) is 11.9 Å². The number of amides is 4. The number of nitrogens with zero attached hydrogens (tertiary/aromatic N) is 7. The van der Waals surface area contributed by atoms with Gasteiger partial charge in [-0.15, -0.1) is 0 Å². The molecule has 1 saturated carbocycles.